The summed E-state index contributed by atoms with van der Waals surface area (Å²) < 4.78 is 14.1. The molecule has 1 aromatic heterocycles. The monoisotopic (exact) mass is 322 g/mol. The largest absolute Gasteiger partial charge is 0.392 e. The molecule has 1 saturated carbocycles. The molecule has 0 aromatic carbocycles. The van der Waals surface area contributed by atoms with Crippen molar-refractivity contribution in [3.8, 4) is 0 Å². The molecule has 1 aliphatic carbocycles. The van der Waals surface area contributed by atoms with Crippen molar-refractivity contribution in [1.82, 2.24) is 10.3 Å². The summed E-state index contributed by atoms with van der Waals surface area (Å²) in [4.78, 5) is 4.61. The van der Waals surface area contributed by atoms with Crippen molar-refractivity contribution < 1.29 is 9.50 Å². The molecule has 2 atom stereocenters. The van der Waals surface area contributed by atoms with E-state index < -0.39 is 6.10 Å². The maximum absolute atomic E-state index is 14.1. The second-order valence-corrected chi connectivity index (χ2v) is 7.24. The Morgan fingerprint density at radius 2 is 1.83 bits per heavy atom. The average Bonchev–Trinajstić information content (AvgIpc) is 2.77. The van der Waals surface area contributed by atoms with Gasteiger partial charge in [-0.15, -0.1) is 0 Å². The third-order valence-electron chi connectivity index (χ3n) is 4.96. The highest BCUT2D eigenvalue weighted by atomic mass is 19.1. The Bertz CT molecular complexity index is 474. The number of nitrogens with zero attached hydrogens (tertiary/aromatic N) is 1. The maximum atomic E-state index is 14.1. The number of halogens is 1. The first-order valence-electron chi connectivity index (χ1n) is 9.05. The van der Waals surface area contributed by atoms with Crippen molar-refractivity contribution in [3.63, 3.8) is 0 Å². The lowest BCUT2D eigenvalue weighted by atomic mass is 9.95. The number of nitrogens with one attached hydrogen (secondary N) is 1. The lowest BCUT2D eigenvalue weighted by Gasteiger charge is -2.25. The minimum Gasteiger partial charge on any atom is -0.392 e. The molecule has 2 N–H and O–H groups in total. The van der Waals surface area contributed by atoms with Crippen molar-refractivity contribution in [1.29, 1.82) is 0 Å². The molecule has 2 rings (SSSR count). The van der Waals surface area contributed by atoms with E-state index in [9.17, 15) is 9.50 Å². The van der Waals surface area contributed by atoms with E-state index in [4.69, 9.17) is 0 Å². The normalized spacial score (nSPS) is 19.6. The lowest BCUT2D eigenvalue weighted by Crippen LogP contribution is -2.42. The number of hydrogen-bond acceptors (Lipinski definition) is 3. The first-order valence-corrected chi connectivity index (χ1v) is 9.05. The molecule has 1 aliphatic rings. The van der Waals surface area contributed by atoms with E-state index in [1.54, 1.807) is 13.0 Å². The van der Waals surface area contributed by atoms with Crippen LogP contribution < -0.4 is 5.32 Å². The van der Waals surface area contributed by atoms with Crippen LogP contribution in [0, 0.1) is 11.7 Å². The van der Waals surface area contributed by atoms with Crippen LogP contribution in [0.2, 0.25) is 0 Å². The Kier molecular flexibility index (Phi) is 6.97. The summed E-state index contributed by atoms with van der Waals surface area (Å²) in [5.74, 6) is 0.487. The summed E-state index contributed by atoms with van der Waals surface area (Å²) in [5, 5.41) is 13.1. The first-order chi connectivity index (χ1) is 11.0. The molecule has 23 heavy (non-hydrogen) atoms. The molecule has 1 unspecified atom stereocenters. The van der Waals surface area contributed by atoms with E-state index in [1.165, 1.54) is 25.7 Å². The summed E-state index contributed by atoms with van der Waals surface area (Å²) in [6.07, 6.45) is 6.95. The molecule has 130 valence electrons. The Morgan fingerprint density at radius 1 is 1.17 bits per heavy atom. The topological polar surface area (TPSA) is 45.2 Å². The molecular weight excluding hydrogens is 291 g/mol. The predicted octanol–water partition coefficient (Wildman–Crippen LogP) is 4.15. The smallest absolute Gasteiger partial charge is 0.146 e. The van der Waals surface area contributed by atoms with Crippen LogP contribution in [-0.4, -0.2) is 22.2 Å². The lowest BCUT2D eigenvalue weighted by molar-refractivity contribution is 0.120. The molecule has 0 saturated heterocycles. The van der Waals surface area contributed by atoms with E-state index in [0.29, 0.717) is 18.2 Å². The highest BCUT2D eigenvalue weighted by molar-refractivity contribution is 5.17. The summed E-state index contributed by atoms with van der Waals surface area (Å²) in [5.41, 5.74) is 1.50. The molecule has 1 aromatic rings. The Hall–Kier alpha value is -1.00. The molecule has 0 aliphatic heterocycles. The summed E-state index contributed by atoms with van der Waals surface area (Å²) >= 11 is 0. The molecule has 1 fully saturated rings. The van der Waals surface area contributed by atoms with Crippen molar-refractivity contribution in [2.75, 3.05) is 0 Å². The quantitative estimate of drug-likeness (QED) is 0.773. The Morgan fingerprint density at radius 3 is 2.39 bits per heavy atom. The van der Waals surface area contributed by atoms with Gasteiger partial charge in [0.1, 0.15) is 5.82 Å². The second-order valence-electron chi connectivity index (χ2n) is 7.24. The molecule has 3 nitrogen and oxygen atoms in total. The van der Waals surface area contributed by atoms with Gasteiger partial charge < -0.3 is 10.4 Å². The van der Waals surface area contributed by atoms with Gasteiger partial charge in [0.15, 0.2) is 0 Å². The van der Waals surface area contributed by atoms with Crippen LogP contribution in [0.25, 0.3) is 0 Å². The maximum Gasteiger partial charge on any atom is 0.146 e. The van der Waals surface area contributed by atoms with Crippen LogP contribution in [0.3, 0.4) is 0 Å². The van der Waals surface area contributed by atoms with Crippen LogP contribution in [0.1, 0.15) is 76.6 Å². The van der Waals surface area contributed by atoms with Crippen LogP contribution in [0.4, 0.5) is 4.39 Å². The number of aromatic nitrogens is 1. The average molecular weight is 322 g/mol. The molecule has 1 heterocycles. The Labute approximate surface area is 139 Å². The summed E-state index contributed by atoms with van der Waals surface area (Å²) in [6, 6.07) is 3.35. The van der Waals surface area contributed by atoms with Crippen molar-refractivity contribution in [2.45, 2.75) is 83.9 Å². The van der Waals surface area contributed by atoms with Gasteiger partial charge >= 0.3 is 0 Å². The predicted molar refractivity (Wildman–Crippen MR) is 91.8 cm³/mol. The van der Waals surface area contributed by atoms with E-state index in [-0.39, 0.29) is 17.8 Å². The number of rotatable bonds is 6. The number of aliphatic hydroxyl groups excluding tert-OH is 1. The molecule has 0 spiro atoms. The van der Waals surface area contributed by atoms with E-state index >= 15 is 0 Å². The Balaban J connectivity index is 2.07. The molecule has 0 amide bonds. The van der Waals surface area contributed by atoms with Crippen molar-refractivity contribution in [2.24, 2.45) is 5.92 Å². The van der Waals surface area contributed by atoms with Gasteiger partial charge in [-0.05, 0) is 37.8 Å². The van der Waals surface area contributed by atoms with Gasteiger partial charge in [0.05, 0.1) is 11.8 Å². The molecule has 4 heteroatoms. The fraction of sp³-hybridized carbons (Fsp3) is 0.737. The third-order valence-corrected chi connectivity index (χ3v) is 4.96. The first kappa shape index (κ1) is 18.3. The third kappa shape index (κ3) is 5.25. The van der Waals surface area contributed by atoms with Crippen LogP contribution in [0.15, 0.2) is 12.1 Å². The second kappa shape index (κ2) is 8.74. The molecule has 0 radical (unpaired) electrons. The van der Waals surface area contributed by atoms with Gasteiger partial charge in [0.2, 0.25) is 0 Å². The van der Waals surface area contributed by atoms with Crippen LogP contribution in [-0.2, 0) is 6.54 Å². The van der Waals surface area contributed by atoms with Gasteiger partial charge in [-0.2, -0.15) is 0 Å². The molecule has 0 bridgehead atoms. The van der Waals surface area contributed by atoms with Gasteiger partial charge in [0, 0.05) is 24.2 Å². The zero-order valence-electron chi connectivity index (χ0n) is 14.7. The van der Waals surface area contributed by atoms with Crippen LogP contribution >= 0.6 is 0 Å². The van der Waals surface area contributed by atoms with E-state index in [0.717, 1.165) is 18.5 Å². The van der Waals surface area contributed by atoms with Gasteiger partial charge in [-0.25, -0.2) is 4.39 Å². The fourth-order valence-electron chi connectivity index (χ4n) is 3.61. The van der Waals surface area contributed by atoms with Crippen molar-refractivity contribution >= 4 is 0 Å². The number of hydrogen-bond donors (Lipinski definition) is 2. The zero-order valence-corrected chi connectivity index (χ0v) is 14.7. The fourth-order valence-corrected chi connectivity index (χ4v) is 3.61. The summed E-state index contributed by atoms with van der Waals surface area (Å²) in [6.45, 7) is 6.23. The van der Waals surface area contributed by atoms with Gasteiger partial charge in [-0.1, -0.05) is 39.5 Å². The van der Waals surface area contributed by atoms with E-state index in [2.05, 4.69) is 24.1 Å². The highest BCUT2D eigenvalue weighted by Crippen LogP contribution is 2.30. The highest BCUT2D eigenvalue weighted by Gasteiger charge is 2.20. The minimum atomic E-state index is -0.469. The SMILES string of the molecule is CC(C)[C@H](NCc1nc(C2CCCCCC2)ccc1F)C(C)O. The van der Waals surface area contributed by atoms with Crippen LogP contribution in [0.5, 0.6) is 0 Å². The van der Waals surface area contributed by atoms with Crippen molar-refractivity contribution in [3.05, 3.63) is 29.3 Å². The van der Waals surface area contributed by atoms with Gasteiger partial charge in [-0.3, -0.25) is 4.98 Å². The number of pyridine rings is 1. The van der Waals surface area contributed by atoms with E-state index in [1.807, 2.05) is 6.07 Å². The standard InChI is InChI=1S/C19H31FN2O/c1-13(2)19(14(3)23)21-12-18-16(20)10-11-17(22-18)15-8-6-4-5-7-9-15/h10-11,13-15,19,21,23H,4-9,12H2,1-3H3/t14?,19-/m0/s1. The molecular formula is C19H31FN2O. The minimum absolute atomic E-state index is 0.0577. The zero-order chi connectivity index (χ0) is 16.8. The van der Waals surface area contributed by atoms with Gasteiger partial charge in [0.25, 0.3) is 0 Å². The summed E-state index contributed by atoms with van der Waals surface area (Å²) in [7, 11) is 0. The number of aliphatic hydroxyl groups is 1.